The summed E-state index contributed by atoms with van der Waals surface area (Å²) < 4.78 is 0. The highest BCUT2D eigenvalue weighted by Gasteiger charge is 2.15. The summed E-state index contributed by atoms with van der Waals surface area (Å²) >= 11 is 1.69. The average molecular weight is 290 g/mol. The molecule has 0 aliphatic carbocycles. The maximum Gasteiger partial charge on any atom is 0.237 e. The zero-order valence-electron chi connectivity index (χ0n) is 10.6. The molecule has 1 unspecified atom stereocenters. The number of pyridine rings is 1. The fourth-order valence-electron chi connectivity index (χ4n) is 1.41. The third kappa shape index (κ3) is 5.71. The number of carbonyl (C=O) groups excluding carboxylic acids is 1. The van der Waals surface area contributed by atoms with E-state index in [1.807, 2.05) is 25.3 Å². The molecule has 0 saturated heterocycles. The molecule has 102 valence electrons. The maximum atomic E-state index is 11.8. The van der Waals surface area contributed by atoms with Crippen LogP contribution in [0.3, 0.4) is 0 Å². The summed E-state index contributed by atoms with van der Waals surface area (Å²) in [5.74, 6) is 0.797. The largest absolute Gasteiger partial charge is 0.348 e. The van der Waals surface area contributed by atoms with E-state index in [9.17, 15) is 4.79 Å². The molecule has 1 aromatic rings. The van der Waals surface area contributed by atoms with Crippen molar-refractivity contribution in [3.63, 3.8) is 0 Å². The van der Waals surface area contributed by atoms with Gasteiger partial charge in [0, 0.05) is 12.4 Å². The molecule has 0 saturated carbocycles. The van der Waals surface area contributed by atoms with Gasteiger partial charge in [-0.05, 0) is 37.0 Å². The molecule has 1 heterocycles. The normalized spacial score (nSPS) is 13.3. The summed E-state index contributed by atoms with van der Waals surface area (Å²) in [5.41, 5.74) is 6.77. The molecule has 1 amide bonds. The fourth-order valence-corrected chi connectivity index (χ4v) is 1.90. The standard InChI is InChI=1S/C12H19N3OS.ClH/c1-9(10-4-3-6-14-8-10)15-12(16)11(13)5-7-17-2;/h3-4,6,8-9,11H,5,7,13H2,1-2H3,(H,15,16);1H/t9?,11-;/m0./s1. The number of nitrogens with zero attached hydrogens (tertiary/aromatic N) is 1. The summed E-state index contributed by atoms with van der Waals surface area (Å²) in [6, 6.07) is 3.30. The zero-order chi connectivity index (χ0) is 12.7. The number of rotatable bonds is 6. The monoisotopic (exact) mass is 289 g/mol. The van der Waals surface area contributed by atoms with Crippen LogP contribution in [0.2, 0.25) is 0 Å². The molecule has 4 nitrogen and oxygen atoms in total. The van der Waals surface area contributed by atoms with Gasteiger partial charge < -0.3 is 11.1 Å². The molecule has 18 heavy (non-hydrogen) atoms. The summed E-state index contributed by atoms with van der Waals surface area (Å²) in [7, 11) is 0. The molecule has 1 rings (SSSR count). The van der Waals surface area contributed by atoms with Gasteiger partial charge in [0.2, 0.25) is 5.91 Å². The Morgan fingerprint density at radius 3 is 2.89 bits per heavy atom. The Hall–Kier alpha value is -0.780. The summed E-state index contributed by atoms with van der Waals surface area (Å²) in [6.45, 7) is 1.93. The highest BCUT2D eigenvalue weighted by atomic mass is 35.5. The Morgan fingerprint density at radius 1 is 1.61 bits per heavy atom. The van der Waals surface area contributed by atoms with Gasteiger partial charge in [-0.2, -0.15) is 11.8 Å². The van der Waals surface area contributed by atoms with Crippen molar-refractivity contribution in [2.45, 2.75) is 25.4 Å². The topological polar surface area (TPSA) is 68.0 Å². The zero-order valence-corrected chi connectivity index (χ0v) is 12.3. The Morgan fingerprint density at radius 2 is 2.33 bits per heavy atom. The Balaban J connectivity index is 0.00000289. The van der Waals surface area contributed by atoms with Crippen LogP contribution in [0.25, 0.3) is 0 Å². The lowest BCUT2D eigenvalue weighted by Gasteiger charge is -2.17. The van der Waals surface area contributed by atoms with Gasteiger partial charge in [-0.25, -0.2) is 0 Å². The van der Waals surface area contributed by atoms with Gasteiger partial charge in [0.25, 0.3) is 0 Å². The quantitative estimate of drug-likeness (QED) is 0.837. The van der Waals surface area contributed by atoms with Gasteiger partial charge in [0.15, 0.2) is 0 Å². The van der Waals surface area contributed by atoms with Crippen molar-refractivity contribution in [3.05, 3.63) is 30.1 Å². The molecule has 0 spiro atoms. The van der Waals surface area contributed by atoms with Gasteiger partial charge in [0.1, 0.15) is 0 Å². The third-order valence-corrected chi connectivity index (χ3v) is 3.16. The number of halogens is 1. The molecule has 0 aliphatic heterocycles. The second-order valence-electron chi connectivity index (χ2n) is 3.90. The minimum atomic E-state index is -0.429. The van der Waals surface area contributed by atoms with Crippen LogP contribution in [-0.2, 0) is 4.79 Å². The minimum Gasteiger partial charge on any atom is -0.348 e. The lowest BCUT2D eigenvalue weighted by Crippen LogP contribution is -2.41. The predicted molar refractivity (Wildman–Crippen MR) is 79.0 cm³/mol. The van der Waals surface area contributed by atoms with Crippen molar-refractivity contribution in [3.8, 4) is 0 Å². The van der Waals surface area contributed by atoms with Gasteiger partial charge in [-0.15, -0.1) is 12.4 Å². The van der Waals surface area contributed by atoms with Crippen LogP contribution >= 0.6 is 24.2 Å². The highest BCUT2D eigenvalue weighted by Crippen LogP contribution is 2.10. The maximum absolute atomic E-state index is 11.8. The number of hydrogen-bond acceptors (Lipinski definition) is 4. The first-order chi connectivity index (χ1) is 8.15. The molecule has 6 heteroatoms. The molecule has 0 bridgehead atoms. The first-order valence-electron chi connectivity index (χ1n) is 5.60. The molecule has 3 N–H and O–H groups in total. The van der Waals surface area contributed by atoms with Crippen LogP contribution < -0.4 is 11.1 Å². The molecule has 0 aliphatic rings. The lowest BCUT2D eigenvalue weighted by atomic mass is 10.1. The first kappa shape index (κ1) is 17.2. The van der Waals surface area contributed by atoms with Crippen LogP contribution in [0.1, 0.15) is 24.9 Å². The van der Waals surface area contributed by atoms with Crippen molar-refractivity contribution in [1.29, 1.82) is 0 Å². The van der Waals surface area contributed by atoms with Crippen molar-refractivity contribution >= 4 is 30.1 Å². The van der Waals surface area contributed by atoms with Gasteiger partial charge in [-0.3, -0.25) is 9.78 Å². The van der Waals surface area contributed by atoms with Crippen LogP contribution in [0, 0.1) is 0 Å². The molecule has 2 atom stereocenters. The highest BCUT2D eigenvalue weighted by molar-refractivity contribution is 7.98. The van der Waals surface area contributed by atoms with Crippen molar-refractivity contribution in [2.75, 3.05) is 12.0 Å². The minimum absolute atomic E-state index is 0. The van der Waals surface area contributed by atoms with E-state index in [1.54, 1.807) is 24.2 Å². The van der Waals surface area contributed by atoms with E-state index in [0.717, 1.165) is 11.3 Å². The second-order valence-corrected chi connectivity index (χ2v) is 4.89. The number of aromatic nitrogens is 1. The number of hydrogen-bond donors (Lipinski definition) is 2. The van der Waals surface area contributed by atoms with E-state index in [-0.39, 0.29) is 24.4 Å². The van der Waals surface area contributed by atoms with E-state index in [0.29, 0.717) is 6.42 Å². The second kappa shape index (κ2) is 9.19. The van der Waals surface area contributed by atoms with E-state index in [2.05, 4.69) is 10.3 Å². The summed E-state index contributed by atoms with van der Waals surface area (Å²) in [4.78, 5) is 15.8. The van der Waals surface area contributed by atoms with Gasteiger partial charge in [0.05, 0.1) is 12.1 Å². The van der Waals surface area contributed by atoms with E-state index in [4.69, 9.17) is 5.73 Å². The lowest BCUT2D eigenvalue weighted by molar-refractivity contribution is -0.123. The van der Waals surface area contributed by atoms with Crippen molar-refractivity contribution in [2.24, 2.45) is 5.73 Å². The third-order valence-electron chi connectivity index (χ3n) is 2.51. The molecule has 0 radical (unpaired) electrons. The van der Waals surface area contributed by atoms with Crippen LogP contribution in [0.4, 0.5) is 0 Å². The molecular formula is C12H20ClN3OS. The van der Waals surface area contributed by atoms with Gasteiger partial charge in [-0.1, -0.05) is 6.07 Å². The van der Waals surface area contributed by atoms with Crippen molar-refractivity contribution in [1.82, 2.24) is 10.3 Å². The number of thioether (sulfide) groups is 1. The number of nitrogens with two attached hydrogens (primary N) is 1. The van der Waals surface area contributed by atoms with E-state index >= 15 is 0 Å². The molecule has 0 fully saturated rings. The van der Waals surface area contributed by atoms with E-state index < -0.39 is 6.04 Å². The molecule has 0 aromatic carbocycles. The number of amides is 1. The van der Waals surface area contributed by atoms with E-state index in [1.165, 1.54) is 0 Å². The Bertz CT molecular complexity index is 350. The van der Waals surface area contributed by atoms with Crippen LogP contribution in [0.5, 0.6) is 0 Å². The Kier molecular flexibility index (Phi) is 8.79. The predicted octanol–water partition coefficient (Wildman–Crippen LogP) is 1.76. The number of nitrogens with one attached hydrogen (secondary N) is 1. The first-order valence-corrected chi connectivity index (χ1v) is 6.99. The molecule has 1 aromatic heterocycles. The van der Waals surface area contributed by atoms with Crippen molar-refractivity contribution < 1.29 is 4.79 Å². The van der Waals surface area contributed by atoms with Crippen LogP contribution in [-0.4, -0.2) is 28.9 Å². The summed E-state index contributed by atoms with van der Waals surface area (Å²) in [6.07, 6.45) is 6.16. The smallest absolute Gasteiger partial charge is 0.237 e. The fraction of sp³-hybridized carbons (Fsp3) is 0.500. The Labute approximate surface area is 119 Å². The average Bonchev–Trinajstić information content (AvgIpc) is 2.36. The van der Waals surface area contributed by atoms with Gasteiger partial charge >= 0.3 is 0 Å². The number of carbonyl (C=O) groups is 1. The SMILES string of the molecule is CSCC[C@H](N)C(=O)NC(C)c1cccnc1.Cl. The summed E-state index contributed by atoms with van der Waals surface area (Å²) in [5, 5.41) is 2.89. The van der Waals surface area contributed by atoms with Crippen LogP contribution in [0.15, 0.2) is 24.5 Å². The molecular weight excluding hydrogens is 270 g/mol.